The first-order chi connectivity index (χ1) is 47.2. The van der Waals surface area contributed by atoms with Gasteiger partial charge in [0.25, 0.3) is 0 Å². The van der Waals surface area contributed by atoms with E-state index in [1.165, 1.54) is 212 Å². The third-order valence-corrected chi connectivity index (χ3v) is 19.6. The average Bonchev–Trinajstić information content (AvgIpc) is 2.00. The zero-order chi connectivity index (χ0) is 71.1. The molecule has 0 bridgehead atoms. The summed E-state index contributed by atoms with van der Waals surface area (Å²) in [5, 5.41) is 10.6. The summed E-state index contributed by atoms with van der Waals surface area (Å²) in [5.41, 5.74) is 0. The number of aliphatic hydroxyl groups excluding tert-OH is 1. The van der Waals surface area contributed by atoms with Gasteiger partial charge >= 0.3 is 39.5 Å². The van der Waals surface area contributed by atoms with Crippen molar-refractivity contribution in [1.82, 2.24) is 0 Å². The molecule has 0 radical (unpaired) electrons. The van der Waals surface area contributed by atoms with Crippen molar-refractivity contribution in [2.24, 2.45) is 0 Å². The number of carbonyl (C=O) groups is 4. The molecule has 0 heterocycles. The molecule has 0 aromatic carbocycles. The van der Waals surface area contributed by atoms with Crippen LogP contribution in [0.3, 0.4) is 0 Å². The maximum Gasteiger partial charge on any atom is 0.472 e. The van der Waals surface area contributed by atoms with E-state index in [9.17, 15) is 43.2 Å². The van der Waals surface area contributed by atoms with Crippen LogP contribution in [-0.4, -0.2) is 96.7 Å². The topological polar surface area (TPSA) is 237 Å². The molecule has 0 saturated carbocycles. The summed E-state index contributed by atoms with van der Waals surface area (Å²) < 4.78 is 68.6. The van der Waals surface area contributed by atoms with Gasteiger partial charge in [0.2, 0.25) is 0 Å². The van der Waals surface area contributed by atoms with Crippen molar-refractivity contribution in [2.75, 3.05) is 39.6 Å². The van der Waals surface area contributed by atoms with Crippen LogP contribution in [0.5, 0.6) is 0 Å². The Balaban J connectivity index is 5.30. The summed E-state index contributed by atoms with van der Waals surface area (Å²) in [6, 6.07) is 0. The second-order valence-corrected chi connectivity index (χ2v) is 30.3. The summed E-state index contributed by atoms with van der Waals surface area (Å²) in [6.45, 7) is 4.95. The first-order valence-corrected chi connectivity index (χ1v) is 43.1. The molecule has 19 heteroatoms. The maximum absolute atomic E-state index is 13.1. The molecule has 0 aliphatic carbocycles. The third kappa shape index (κ3) is 71.7. The van der Waals surface area contributed by atoms with Crippen molar-refractivity contribution < 1.29 is 80.2 Å². The Morgan fingerprint density at radius 2 is 0.495 bits per heavy atom. The van der Waals surface area contributed by atoms with E-state index in [0.717, 1.165) is 103 Å². The Kier molecular flexibility index (Phi) is 70.1. The van der Waals surface area contributed by atoms with Gasteiger partial charge in [0.15, 0.2) is 12.2 Å². The summed E-state index contributed by atoms with van der Waals surface area (Å²) in [4.78, 5) is 72.9. The van der Waals surface area contributed by atoms with Gasteiger partial charge < -0.3 is 33.8 Å². The minimum absolute atomic E-state index is 0.0861. The van der Waals surface area contributed by atoms with E-state index in [-0.39, 0.29) is 25.7 Å². The van der Waals surface area contributed by atoms with Gasteiger partial charge in [0.05, 0.1) is 26.4 Å². The predicted molar refractivity (Wildman–Crippen MR) is 395 cm³/mol. The molecule has 0 aromatic rings. The number of phosphoric acid groups is 2. The Labute approximate surface area is 592 Å². The molecule has 17 nitrogen and oxygen atoms in total. The number of carbonyl (C=O) groups excluding carboxylic acids is 4. The monoisotopic (exact) mass is 1420 g/mol. The zero-order valence-electron chi connectivity index (χ0n) is 62.5. The fourth-order valence-electron chi connectivity index (χ4n) is 11.6. The van der Waals surface area contributed by atoms with Crippen LogP contribution in [0.1, 0.15) is 394 Å². The average molecular weight is 1420 g/mol. The second-order valence-electron chi connectivity index (χ2n) is 27.4. The van der Waals surface area contributed by atoms with Crippen LogP contribution in [0.4, 0.5) is 0 Å². The van der Waals surface area contributed by atoms with Crippen LogP contribution in [0, 0.1) is 0 Å². The van der Waals surface area contributed by atoms with E-state index >= 15 is 0 Å². The smallest absolute Gasteiger partial charge is 0.462 e. The van der Waals surface area contributed by atoms with Crippen molar-refractivity contribution in [3.05, 3.63) is 24.3 Å². The number of allylic oxidation sites excluding steroid dienone is 4. The van der Waals surface area contributed by atoms with Gasteiger partial charge in [-0.2, -0.15) is 0 Å². The molecule has 3 N–H and O–H groups in total. The molecule has 97 heavy (non-hydrogen) atoms. The zero-order valence-corrected chi connectivity index (χ0v) is 64.3. The standard InChI is InChI=1S/C78H148O17P2/c1-5-9-13-17-21-25-29-33-36-40-43-47-51-55-59-63-76(81)89-69-74(95-78(83)65-61-57-53-49-45-41-37-34-30-26-22-18-14-10-6-2)71-93-97(86,87)91-67-72(79)66-90-96(84,85)92-70-73(68-88-75(80)62-58-54-50-46-42-38-32-28-24-20-16-12-8-4)94-77(82)64-60-56-52-48-44-39-35-31-27-23-19-15-11-7-3/h26,30,34,37,72-74,79H,5-25,27-29,31-33,35-36,38-71H2,1-4H3,(H,84,85)(H,86,87)/b30-26-,37-34-/t72-,73+,74+/m0/s1. The minimum atomic E-state index is -4.97. The van der Waals surface area contributed by atoms with Gasteiger partial charge in [-0.25, -0.2) is 9.13 Å². The van der Waals surface area contributed by atoms with Crippen molar-refractivity contribution in [1.29, 1.82) is 0 Å². The largest absolute Gasteiger partial charge is 0.472 e. The molecule has 0 spiro atoms. The van der Waals surface area contributed by atoms with E-state index < -0.39 is 97.5 Å². The Morgan fingerprint density at radius 1 is 0.289 bits per heavy atom. The van der Waals surface area contributed by atoms with E-state index in [2.05, 4.69) is 52.0 Å². The van der Waals surface area contributed by atoms with Crippen LogP contribution in [-0.2, 0) is 65.4 Å². The van der Waals surface area contributed by atoms with Gasteiger partial charge in [-0.05, 0) is 51.4 Å². The lowest BCUT2D eigenvalue weighted by Gasteiger charge is -2.21. The summed E-state index contributed by atoms with van der Waals surface area (Å²) in [6.07, 6.45) is 65.8. The molecule has 0 aliphatic heterocycles. The molecule has 0 rings (SSSR count). The quantitative estimate of drug-likeness (QED) is 0.0169. The van der Waals surface area contributed by atoms with Gasteiger partial charge in [0.1, 0.15) is 19.3 Å². The van der Waals surface area contributed by atoms with E-state index in [0.29, 0.717) is 25.7 Å². The second kappa shape index (κ2) is 71.9. The third-order valence-electron chi connectivity index (χ3n) is 17.7. The highest BCUT2D eigenvalue weighted by Gasteiger charge is 2.30. The van der Waals surface area contributed by atoms with Gasteiger partial charge in [-0.3, -0.25) is 37.3 Å². The Hall–Kier alpha value is -2.46. The van der Waals surface area contributed by atoms with Crippen molar-refractivity contribution >= 4 is 39.5 Å². The molecule has 0 aromatic heterocycles. The maximum atomic E-state index is 13.1. The fourth-order valence-corrected chi connectivity index (χ4v) is 13.1. The minimum Gasteiger partial charge on any atom is -0.462 e. The van der Waals surface area contributed by atoms with Gasteiger partial charge in [-0.1, -0.05) is 341 Å². The van der Waals surface area contributed by atoms with Crippen molar-refractivity contribution in [2.45, 2.75) is 412 Å². The molecular weight excluding hydrogens is 1270 g/mol. The molecular formula is C78H148O17P2. The van der Waals surface area contributed by atoms with Crippen LogP contribution >= 0.6 is 15.6 Å². The predicted octanol–water partition coefficient (Wildman–Crippen LogP) is 23.0. The molecule has 2 unspecified atom stereocenters. The normalized spacial score (nSPS) is 14.0. The molecule has 5 atom stereocenters. The molecule has 0 saturated heterocycles. The van der Waals surface area contributed by atoms with Gasteiger partial charge in [-0.15, -0.1) is 0 Å². The molecule has 572 valence electrons. The summed E-state index contributed by atoms with van der Waals surface area (Å²) in [5.74, 6) is -2.14. The SMILES string of the molecule is CCCCCC/C=C\C=C/CCCCCCCC(=O)O[C@H](COC(=O)CCCCCCCCCCCCCCCCC)COP(=O)(O)OC[C@@H](O)COP(=O)(O)OC[C@@H](COC(=O)CCCCCCCCCCCCCCC)OC(=O)CCCCCCCCCCCCCCCC. The van der Waals surface area contributed by atoms with E-state index in [1.54, 1.807) is 0 Å². The number of rotatable bonds is 77. The number of hydrogen-bond acceptors (Lipinski definition) is 15. The van der Waals surface area contributed by atoms with Crippen LogP contribution in [0.25, 0.3) is 0 Å². The van der Waals surface area contributed by atoms with Crippen molar-refractivity contribution in [3.63, 3.8) is 0 Å². The number of unbranched alkanes of at least 4 members (excludes halogenated alkanes) is 48. The molecule has 0 amide bonds. The lowest BCUT2D eigenvalue weighted by atomic mass is 10.0. The number of hydrogen-bond donors (Lipinski definition) is 3. The molecule has 0 aliphatic rings. The first kappa shape index (κ1) is 94.5. The highest BCUT2D eigenvalue weighted by atomic mass is 31.2. The number of esters is 4. The number of phosphoric ester groups is 2. The fraction of sp³-hybridized carbons (Fsp3) is 0.897. The first-order valence-electron chi connectivity index (χ1n) is 40.1. The Morgan fingerprint density at radius 3 is 0.753 bits per heavy atom. The summed E-state index contributed by atoms with van der Waals surface area (Å²) in [7, 11) is -9.93. The summed E-state index contributed by atoms with van der Waals surface area (Å²) >= 11 is 0. The molecule has 0 fully saturated rings. The lowest BCUT2D eigenvalue weighted by Crippen LogP contribution is -2.30. The van der Waals surface area contributed by atoms with Crippen LogP contribution in [0.15, 0.2) is 24.3 Å². The van der Waals surface area contributed by atoms with E-state index in [1.807, 2.05) is 0 Å². The lowest BCUT2D eigenvalue weighted by molar-refractivity contribution is -0.161. The van der Waals surface area contributed by atoms with Gasteiger partial charge in [0, 0.05) is 25.7 Å². The number of ether oxygens (including phenoxy) is 4. The van der Waals surface area contributed by atoms with E-state index in [4.69, 9.17) is 37.0 Å². The van der Waals surface area contributed by atoms with Crippen molar-refractivity contribution in [3.8, 4) is 0 Å². The Bertz CT molecular complexity index is 1940. The highest BCUT2D eigenvalue weighted by Crippen LogP contribution is 2.45. The van der Waals surface area contributed by atoms with Crippen LogP contribution < -0.4 is 0 Å². The highest BCUT2D eigenvalue weighted by molar-refractivity contribution is 7.47. The van der Waals surface area contributed by atoms with Crippen LogP contribution in [0.2, 0.25) is 0 Å². The number of aliphatic hydroxyl groups is 1.